The van der Waals surface area contributed by atoms with Crippen LogP contribution in [-0.2, 0) is 12.8 Å². The van der Waals surface area contributed by atoms with Crippen molar-refractivity contribution in [2.24, 2.45) is 0 Å². The fourth-order valence-electron chi connectivity index (χ4n) is 5.07. The number of hydrogen-bond acceptors (Lipinski definition) is 0. The van der Waals surface area contributed by atoms with Crippen LogP contribution in [0.2, 0.25) is 0 Å². The van der Waals surface area contributed by atoms with Crippen LogP contribution in [0.25, 0.3) is 0 Å². The summed E-state index contributed by atoms with van der Waals surface area (Å²) < 4.78 is 0. The van der Waals surface area contributed by atoms with Gasteiger partial charge in [0.15, 0.2) is 0 Å². The van der Waals surface area contributed by atoms with Crippen molar-refractivity contribution >= 4 is 0 Å². The zero-order valence-electron chi connectivity index (χ0n) is 16.3. The summed E-state index contributed by atoms with van der Waals surface area (Å²) in [5.41, 5.74) is 6.12. The molecule has 0 spiro atoms. The van der Waals surface area contributed by atoms with E-state index in [0.717, 1.165) is 24.7 Å². The smallest absolute Gasteiger partial charge is 0.0162 e. The van der Waals surface area contributed by atoms with E-state index >= 15 is 0 Å². The molecule has 2 aromatic rings. The van der Waals surface area contributed by atoms with Gasteiger partial charge in [0, 0.05) is 0 Å². The number of rotatable bonds is 5. The highest BCUT2D eigenvalue weighted by molar-refractivity contribution is 5.29. The van der Waals surface area contributed by atoms with E-state index in [4.69, 9.17) is 0 Å². The zero-order valence-corrected chi connectivity index (χ0v) is 16.3. The van der Waals surface area contributed by atoms with E-state index < -0.39 is 0 Å². The maximum Gasteiger partial charge on any atom is -0.0162 e. The summed E-state index contributed by atoms with van der Waals surface area (Å²) in [5.74, 6) is 1.65. The number of benzene rings is 2. The molecule has 2 aliphatic rings. The van der Waals surface area contributed by atoms with Crippen LogP contribution in [0.15, 0.2) is 48.5 Å². The molecule has 0 heterocycles. The molecule has 138 valence electrons. The van der Waals surface area contributed by atoms with Crippen LogP contribution in [0.1, 0.15) is 98.3 Å². The van der Waals surface area contributed by atoms with Gasteiger partial charge in [0.05, 0.1) is 0 Å². The monoisotopic (exact) mass is 346 g/mol. The average molecular weight is 347 g/mol. The van der Waals surface area contributed by atoms with Gasteiger partial charge < -0.3 is 0 Å². The second kappa shape index (κ2) is 8.89. The average Bonchev–Trinajstić information content (AvgIpc) is 2.74. The van der Waals surface area contributed by atoms with Crippen LogP contribution < -0.4 is 0 Å². The molecule has 2 aliphatic carbocycles. The molecule has 2 saturated carbocycles. The zero-order chi connectivity index (χ0) is 17.6. The first-order valence-corrected chi connectivity index (χ1v) is 11.1. The molecule has 0 unspecified atom stereocenters. The van der Waals surface area contributed by atoms with Gasteiger partial charge in [0.25, 0.3) is 0 Å². The van der Waals surface area contributed by atoms with Crippen molar-refractivity contribution in [3.05, 3.63) is 70.8 Å². The van der Waals surface area contributed by atoms with E-state index in [-0.39, 0.29) is 0 Å². The lowest BCUT2D eigenvalue weighted by atomic mass is 9.83. The van der Waals surface area contributed by atoms with Gasteiger partial charge in [-0.1, -0.05) is 87.1 Å². The molecule has 0 bridgehead atoms. The lowest BCUT2D eigenvalue weighted by Crippen LogP contribution is -2.05. The molecule has 26 heavy (non-hydrogen) atoms. The second-order valence-corrected chi connectivity index (χ2v) is 8.65. The van der Waals surface area contributed by atoms with E-state index in [1.807, 2.05) is 0 Å². The first kappa shape index (κ1) is 17.8. The van der Waals surface area contributed by atoms with Gasteiger partial charge in [-0.3, -0.25) is 0 Å². The van der Waals surface area contributed by atoms with E-state index in [9.17, 15) is 0 Å². The molecule has 2 fully saturated rings. The van der Waals surface area contributed by atoms with E-state index in [1.165, 1.54) is 75.3 Å². The fraction of sp³-hybridized carbons (Fsp3) is 0.538. The Kier molecular flexibility index (Phi) is 6.10. The third kappa shape index (κ3) is 4.58. The molecule has 0 atom stereocenters. The van der Waals surface area contributed by atoms with Crippen LogP contribution >= 0.6 is 0 Å². The molecule has 0 heteroatoms. The maximum atomic E-state index is 2.40. The standard InChI is InChI=1S/C26H34/c1-3-7-23(8-4-1)25-17-13-21(14-18-25)11-12-22-15-19-26(20-16-22)24-9-5-2-6-10-24/h13-20,23-24H,1-12H2. The Hall–Kier alpha value is -1.56. The number of hydrogen-bond donors (Lipinski definition) is 0. The molecule has 0 aromatic heterocycles. The molecule has 0 nitrogen and oxygen atoms in total. The van der Waals surface area contributed by atoms with E-state index in [0.29, 0.717) is 0 Å². The summed E-state index contributed by atoms with van der Waals surface area (Å²) in [7, 11) is 0. The van der Waals surface area contributed by atoms with Gasteiger partial charge in [-0.2, -0.15) is 0 Å². The van der Waals surface area contributed by atoms with Gasteiger partial charge in [-0.25, -0.2) is 0 Å². The largest absolute Gasteiger partial charge is 0.0587 e. The van der Waals surface area contributed by atoms with Gasteiger partial charge in [-0.15, -0.1) is 0 Å². The summed E-state index contributed by atoms with van der Waals surface area (Å²) in [6.45, 7) is 0. The Bertz CT molecular complexity index is 591. The van der Waals surface area contributed by atoms with E-state index in [2.05, 4.69) is 48.5 Å². The maximum absolute atomic E-state index is 2.40. The third-order valence-electron chi connectivity index (χ3n) is 6.81. The summed E-state index contributed by atoms with van der Waals surface area (Å²) in [6.07, 6.45) is 16.5. The van der Waals surface area contributed by atoms with Crippen LogP contribution in [0.5, 0.6) is 0 Å². The van der Waals surface area contributed by atoms with Crippen molar-refractivity contribution in [1.82, 2.24) is 0 Å². The minimum absolute atomic E-state index is 0.824. The first-order valence-electron chi connectivity index (χ1n) is 11.1. The van der Waals surface area contributed by atoms with Gasteiger partial charge in [0.2, 0.25) is 0 Å². The van der Waals surface area contributed by atoms with Gasteiger partial charge >= 0.3 is 0 Å². The minimum Gasteiger partial charge on any atom is -0.0587 e. The molecule has 0 radical (unpaired) electrons. The molecule has 0 saturated heterocycles. The Morgan fingerprint density at radius 2 is 0.808 bits per heavy atom. The summed E-state index contributed by atoms with van der Waals surface area (Å²) >= 11 is 0. The molecule has 0 aliphatic heterocycles. The van der Waals surface area contributed by atoms with Crippen LogP contribution in [0, 0.1) is 0 Å². The summed E-state index contributed by atoms with van der Waals surface area (Å²) in [5, 5.41) is 0. The SMILES string of the molecule is c1cc(C2CCCCC2)ccc1CCc1ccc(C2CCCCC2)cc1. The molecule has 0 amide bonds. The van der Waals surface area contributed by atoms with E-state index in [1.54, 1.807) is 11.1 Å². The fourth-order valence-corrected chi connectivity index (χ4v) is 5.07. The van der Waals surface area contributed by atoms with Crippen molar-refractivity contribution in [3.63, 3.8) is 0 Å². The minimum atomic E-state index is 0.824. The highest BCUT2D eigenvalue weighted by atomic mass is 14.2. The normalized spacial score (nSPS) is 19.5. The van der Waals surface area contributed by atoms with Crippen molar-refractivity contribution in [2.75, 3.05) is 0 Å². The predicted octanol–water partition coefficient (Wildman–Crippen LogP) is 7.57. The Morgan fingerprint density at radius 1 is 0.462 bits per heavy atom. The molecule has 2 aromatic carbocycles. The Labute approximate surface area is 160 Å². The lowest BCUT2D eigenvalue weighted by Gasteiger charge is -2.22. The van der Waals surface area contributed by atoms with Crippen LogP contribution in [0.3, 0.4) is 0 Å². The van der Waals surface area contributed by atoms with Crippen LogP contribution in [0.4, 0.5) is 0 Å². The van der Waals surface area contributed by atoms with Crippen molar-refractivity contribution in [3.8, 4) is 0 Å². The van der Waals surface area contributed by atoms with Crippen molar-refractivity contribution in [1.29, 1.82) is 0 Å². The Morgan fingerprint density at radius 3 is 1.15 bits per heavy atom. The van der Waals surface area contributed by atoms with Gasteiger partial charge in [0.1, 0.15) is 0 Å². The summed E-state index contributed by atoms with van der Waals surface area (Å²) in [4.78, 5) is 0. The summed E-state index contributed by atoms with van der Waals surface area (Å²) in [6, 6.07) is 19.1. The van der Waals surface area contributed by atoms with Crippen molar-refractivity contribution in [2.45, 2.75) is 88.9 Å². The van der Waals surface area contributed by atoms with Crippen LogP contribution in [-0.4, -0.2) is 0 Å². The predicted molar refractivity (Wildman–Crippen MR) is 112 cm³/mol. The Balaban J connectivity index is 1.30. The molecule has 4 rings (SSSR count). The highest BCUT2D eigenvalue weighted by Crippen LogP contribution is 2.33. The first-order chi connectivity index (χ1) is 12.9. The quantitative estimate of drug-likeness (QED) is 0.524. The second-order valence-electron chi connectivity index (χ2n) is 8.65. The topological polar surface area (TPSA) is 0 Å². The molecule has 0 N–H and O–H groups in total. The highest BCUT2D eigenvalue weighted by Gasteiger charge is 2.16. The molecular formula is C26H34. The van der Waals surface area contributed by atoms with Gasteiger partial charge in [-0.05, 0) is 72.6 Å². The van der Waals surface area contributed by atoms with Crippen molar-refractivity contribution < 1.29 is 0 Å². The molecular weight excluding hydrogens is 312 g/mol. The third-order valence-corrected chi connectivity index (χ3v) is 6.81. The number of aryl methyl sites for hydroxylation is 2. The lowest BCUT2D eigenvalue weighted by molar-refractivity contribution is 0.443.